The Labute approximate surface area is 147 Å². The smallest absolute Gasteiger partial charge is 0.126 e. The van der Waals surface area contributed by atoms with E-state index in [0.29, 0.717) is 5.92 Å². The first-order valence-electron chi connectivity index (χ1n) is 9.09. The van der Waals surface area contributed by atoms with E-state index >= 15 is 0 Å². The van der Waals surface area contributed by atoms with Gasteiger partial charge in [-0.2, -0.15) is 5.10 Å². The molecule has 1 atom stereocenters. The Balaban J connectivity index is 1.54. The predicted octanol–water partition coefficient (Wildman–Crippen LogP) is 3.04. The van der Waals surface area contributed by atoms with Gasteiger partial charge in [-0.25, -0.2) is 4.98 Å². The summed E-state index contributed by atoms with van der Waals surface area (Å²) >= 11 is 0. The molecule has 0 spiro atoms. The zero-order chi connectivity index (χ0) is 17.1. The van der Waals surface area contributed by atoms with E-state index < -0.39 is 0 Å². The molecule has 1 saturated heterocycles. The van der Waals surface area contributed by atoms with Crippen LogP contribution in [0.5, 0.6) is 0 Å². The number of imidazole rings is 1. The highest BCUT2D eigenvalue weighted by atomic mass is 16.5. The topological polar surface area (TPSA) is 67.8 Å². The van der Waals surface area contributed by atoms with Crippen molar-refractivity contribution in [2.75, 3.05) is 13.2 Å². The number of aromatic nitrogens is 4. The molecular formula is C19H25N5O. The van der Waals surface area contributed by atoms with Crippen LogP contribution < -0.4 is 5.32 Å². The number of H-pyrrole nitrogens is 1. The van der Waals surface area contributed by atoms with Gasteiger partial charge in [0.2, 0.25) is 0 Å². The van der Waals surface area contributed by atoms with E-state index in [9.17, 15) is 0 Å². The quantitative estimate of drug-likeness (QED) is 0.724. The van der Waals surface area contributed by atoms with Gasteiger partial charge >= 0.3 is 0 Å². The van der Waals surface area contributed by atoms with Crippen LogP contribution in [0.3, 0.4) is 0 Å². The summed E-state index contributed by atoms with van der Waals surface area (Å²) in [5.74, 6) is 1.69. The molecule has 0 radical (unpaired) electrons. The Kier molecular flexibility index (Phi) is 4.81. The van der Waals surface area contributed by atoms with Crippen LogP contribution >= 0.6 is 0 Å². The van der Waals surface area contributed by atoms with E-state index in [4.69, 9.17) is 4.74 Å². The van der Waals surface area contributed by atoms with Crippen LogP contribution in [-0.2, 0) is 17.8 Å². The Bertz CT molecular complexity index is 818. The molecule has 0 amide bonds. The maximum absolute atomic E-state index is 5.56. The number of fused-ring (bicyclic) bond motifs is 1. The molecule has 25 heavy (non-hydrogen) atoms. The van der Waals surface area contributed by atoms with Gasteiger partial charge in [0.25, 0.3) is 0 Å². The summed E-state index contributed by atoms with van der Waals surface area (Å²) in [5, 5.41) is 12.1. The monoisotopic (exact) mass is 339 g/mol. The summed E-state index contributed by atoms with van der Waals surface area (Å²) in [4.78, 5) is 4.66. The number of nitrogens with zero attached hydrogens (tertiary/aromatic N) is 3. The minimum Gasteiger partial charge on any atom is -0.381 e. The molecule has 0 unspecified atom stereocenters. The fourth-order valence-electron chi connectivity index (χ4n) is 3.71. The summed E-state index contributed by atoms with van der Waals surface area (Å²) in [6, 6.07) is 6.70. The third kappa shape index (κ3) is 3.45. The lowest BCUT2D eigenvalue weighted by Crippen LogP contribution is -2.33. The van der Waals surface area contributed by atoms with Gasteiger partial charge in [0.05, 0.1) is 17.8 Å². The summed E-state index contributed by atoms with van der Waals surface area (Å²) in [6.07, 6.45) is 7.99. The Hall–Kier alpha value is -2.18. The number of nitrogens with one attached hydrogen (secondary N) is 2. The number of hydrogen-bond acceptors (Lipinski definition) is 4. The molecule has 3 aromatic rings. The van der Waals surface area contributed by atoms with E-state index in [2.05, 4.69) is 56.4 Å². The van der Waals surface area contributed by atoms with Gasteiger partial charge in [-0.15, -0.1) is 0 Å². The third-order valence-corrected chi connectivity index (χ3v) is 5.14. The molecule has 2 aromatic heterocycles. The minimum atomic E-state index is 0.247. The van der Waals surface area contributed by atoms with Crippen molar-refractivity contribution in [3.05, 3.63) is 48.2 Å². The normalized spacial score (nSPS) is 17.2. The van der Waals surface area contributed by atoms with Gasteiger partial charge in [0, 0.05) is 44.1 Å². The fraction of sp³-hybridized carbons (Fsp3) is 0.474. The molecule has 2 N–H and O–H groups in total. The van der Waals surface area contributed by atoms with Crippen molar-refractivity contribution in [2.24, 2.45) is 5.92 Å². The average Bonchev–Trinajstić information content (AvgIpc) is 3.31. The third-order valence-electron chi connectivity index (χ3n) is 5.14. The summed E-state index contributed by atoms with van der Waals surface area (Å²) < 4.78 is 7.80. The molecule has 132 valence electrons. The van der Waals surface area contributed by atoms with Crippen LogP contribution in [0.25, 0.3) is 10.9 Å². The molecule has 3 heterocycles. The Morgan fingerprint density at radius 2 is 2.24 bits per heavy atom. The molecular weight excluding hydrogens is 314 g/mol. The summed E-state index contributed by atoms with van der Waals surface area (Å²) in [5.41, 5.74) is 2.33. The lowest BCUT2D eigenvalue weighted by molar-refractivity contribution is 0.0517. The van der Waals surface area contributed by atoms with E-state index in [-0.39, 0.29) is 6.04 Å². The van der Waals surface area contributed by atoms with Crippen molar-refractivity contribution in [2.45, 2.75) is 38.9 Å². The van der Waals surface area contributed by atoms with Crippen LogP contribution in [0.4, 0.5) is 0 Å². The average molecular weight is 339 g/mol. The van der Waals surface area contributed by atoms with E-state index in [0.717, 1.165) is 55.9 Å². The van der Waals surface area contributed by atoms with Crippen molar-refractivity contribution in [3.8, 4) is 0 Å². The maximum Gasteiger partial charge on any atom is 0.126 e. The maximum atomic E-state index is 5.56. The predicted molar refractivity (Wildman–Crippen MR) is 97.1 cm³/mol. The van der Waals surface area contributed by atoms with Crippen molar-refractivity contribution in [1.82, 2.24) is 25.1 Å². The number of aromatic amines is 1. The molecule has 4 rings (SSSR count). The molecule has 0 aliphatic carbocycles. The van der Waals surface area contributed by atoms with Crippen molar-refractivity contribution >= 4 is 10.9 Å². The first-order chi connectivity index (χ1) is 12.3. The van der Waals surface area contributed by atoms with E-state index in [1.165, 1.54) is 5.56 Å². The van der Waals surface area contributed by atoms with Gasteiger partial charge in [-0.1, -0.05) is 12.1 Å². The van der Waals surface area contributed by atoms with Crippen LogP contribution in [-0.4, -0.2) is 33.0 Å². The molecule has 0 saturated carbocycles. The first kappa shape index (κ1) is 16.3. The van der Waals surface area contributed by atoms with Gasteiger partial charge in [-0.3, -0.25) is 5.10 Å². The SMILES string of the molecule is CCn1ccnc1[C@H](NCc1ccc2cn[nH]c2c1)C1CCOCC1. The minimum absolute atomic E-state index is 0.247. The molecule has 1 aromatic carbocycles. The van der Waals surface area contributed by atoms with Gasteiger partial charge in [0.15, 0.2) is 0 Å². The zero-order valence-corrected chi connectivity index (χ0v) is 14.6. The summed E-state index contributed by atoms with van der Waals surface area (Å²) in [7, 11) is 0. The number of rotatable bonds is 6. The molecule has 1 fully saturated rings. The standard InChI is InChI=1S/C19H25N5O/c1-2-24-8-7-20-19(24)18(15-5-9-25-10-6-15)21-12-14-3-4-16-13-22-23-17(16)11-14/h3-4,7-8,11,13,15,18,21H,2,5-6,9-10,12H2,1H3,(H,22,23)/t18-/m1/s1. The Morgan fingerprint density at radius 3 is 3.08 bits per heavy atom. The van der Waals surface area contributed by atoms with Crippen molar-refractivity contribution < 1.29 is 4.74 Å². The van der Waals surface area contributed by atoms with E-state index in [1.54, 1.807) is 0 Å². The second-order valence-corrected chi connectivity index (χ2v) is 6.67. The van der Waals surface area contributed by atoms with Gasteiger partial charge in [-0.05, 0) is 37.3 Å². The second-order valence-electron chi connectivity index (χ2n) is 6.67. The van der Waals surface area contributed by atoms with Crippen LogP contribution in [0.1, 0.15) is 37.2 Å². The van der Waals surface area contributed by atoms with Crippen LogP contribution in [0.2, 0.25) is 0 Å². The highest BCUT2D eigenvalue weighted by Gasteiger charge is 2.28. The van der Waals surface area contributed by atoms with Crippen molar-refractivity contribution in [3.63, 3.8) is 0 Å². The lowest BCUT2D eigenvalue weighted by Gasteiger charge is -2.31. The molecule has 0 bridgehead atoms. The highest BCUT2D eigenvalue weighted by Crippen LogP contribution is 2.30. The molecule has 1 aliphatic rings. The van der Waals surface area contributed by atoms with E-state index in [1.807, 2.05) is 12.4 Å². The zero-order valence-electron chi connectivity index (χ0n) is 14.6. The summed E-state index contributed by atoms with van der Waals surface area (Å²) in [6.45, 7) is 5.61. The largest absolute Gasteiger partial charge is 0.381 e. The van der Waals surface area contributed by atoms with Gasteiger partial charge < -0.3 is 14.6 Å². The number of ether oxygens (including phenoxy) is 1. The van der Waals surface area contributed by atoms with Gasteiger partial charge in [0.1, 0.15) is 5.82 Å². The molecule has 6 heteroatoms. The molecule has 6 nitrogen and oxygen atoms in total. The first-order valence-corrected chi connectivity index (χ1v) is 9.09. The number of hydrogen-bond donors (Lipinski definition) is 2. The van der Waals surface area contributed by atoms with Crippen LogP contribution in [0, 0.1) is 5.92 Å². The number of benzene rings is 1. The lowest BCUT2D eigenvalue weighted by atomic mass is 9.90. The molecule has 1 aliphatic heterocycles. The van der Waals surface area contributed by atoms with Crippen molar-refractivity contribution in [1.29, 1.82) is 0 Å². The fourth-order valence-corrected chi connectivity index (χ4v) is 3.71. The highest BCUT2D eigenvalue weighted by molar-refractivity contribution is 5.78. The van der Waals surface area contributed by atoms with Crippen LogP contribution in [0.15, 0.2) is 36.8 Å². The Morgan fingerprint density at radius 1 is 1.36 bits per heavy atom. The second kappa shape index (κ2) is 7.37. The number of aryl methyl sites for hydroxylation is 1.